The average Bonchev–Trinajstić information content (AvgIpc) is 3.12. The van der Waals surface area contributed by atoms with Gasteiger partial charge < -0.3 is 10.2 Å². The van der Waals surface area contributed by atoms with Crippen LogP contribution in [0.3, 0.4) is 0 Å². The van der Waals surface area contributed by atoms with Gasteiger partial charge in [0.2, 0.25) is 0 Å². The summed E-state index contributed by atoms with van der Waals surface area (Å²) in [5, 5.41) is 27.2. The zero-order valence-corrected chi connectivity index (χ0v) is 26.6. The third-order valence-corrected chi connectivity index (χ3v) is 9.17. The molecule has 0 unspecified atom stereocenters. The molecule has 4 nitrogen and oxygen atoms in total. The van der Waals surface area contributed by atoms with Crippen LogP contribution in [0, 0.1) is 13.8 Å². The molecule has 0 aliphatic heterocycles. The zero-order valence-electron chi connectivity index (χ0n) is 26.6. The molecule has 0 atom stereocenters. The van der Waals surface area contributed by atoms with Gasteiger partial charge in [-0.1, -0.05) is 133 Å². The molecule has 0 bridgehead atoms. The molecule has 232 valence electrons. The summed E-state index contributed by atoms with van der Waals surface area (Å²) < 4.78 is 0. The smallest absolute Gasteiger partial charge is 0.336 e. The van der Waals surface area contributed by atoms with E-state index in [1.165, 1.54) is 43.8 Å². The van der Waals surface area contributed by atoms with Crippen molar-refractivity contribution in [3.8, 4) is 22.3 Å². The molecule has 8 aromatic rings. The van der Waals surface area contributed by atoms with E-state index in [9.17, 15) is 19.8 Å². The van der Waals surface area contributed by atoms with E-state index in [1.807, 2.05) is 36.4 Å². The maximum Gasteiger partial charge on any atom is 0.336 e. The number of aryl methyl sites for hydroxylation is 2. The van der Waals surface area contributed by atoms with Gasteiger partial charge in [0.1, 0.15) is 0 Å². The minimum atomic E-state index is -0.973. The Labute approximate surface area is 278 Å². The lowest BCUT2D eigenvalue weighted by molar-refractivity contribution is 0.0688. The van der Waals surface area contributed by atoms with Crippen molar-refractivity contribution in [2.24, 2.45) is 0 Å². The van der Waals surface area contributed by atoms with Crippen LogP contribution in [0.1, 0.15) is 31.8 Å². The minimum absolute atomic E-state index is 0.246. The van der Waals surface area contributed by atoms with E-state index in [0.29, 0.717) is 10.8 Å². The lowest BCUT2D eigenvalue weighted by Gasteiger charge is -2.13. The first-order chi connectivity index (χ1) is 23.3. The van der Waals surface area contributed by atoms with Crippen LogP contribution < -0.4 is 0 Å². The fourth-order valence-corrected chi connectivity index (χ4v) is 6.81. The second-order valence-corrected chi connectivity index (χ2v) is 12.0. The fourth-order valence-electron chi connectivity index (χ4n) is 6.81. The molecule has 0 spiro atoms. The van der Waals surface area contributed by atoms with E-state index < -0.39 is 11.9 Å². The Morgan fingerprint density at radius 1 is 0.333 bits per heavy atom. The summed E-state index contributed by atoms with van der Waals surface area (Å²) in [5.41, 5.74) is 7.53. The lowest BCUT2D eigenvalue weighted by Crippen LogP contribution is -2.00. The third-order valence-electron chi connectivity index (χ3n) is 9.17. The first kappa shape index (κ1) is 30.4. The topological polar surface area (TPSA) is 74.6 Å². The van der Waals surface area contributed by atoms with Gasteiger partial charge in [-0.05, 0) is 102 Å². The maximum absolute atomic E-state index is 11.5. The van der Waals surface area contributed by atoms with E-state index in [-0.39, 0.29) is 11.1 Å². The monoisotopic (exact) mass is 624 g/mol. The maximum atomic E-state index is 11.5. The van der Waals surface area contributed by atoms with Gasteiger partial charge in [-0.25, -0.2) is 9.59 Å². The Hall–Kier alpha value is -6.26. The van der Waals surface area contributed by atoms with Crippen LogP contribution in [-0.4, -0.2) is 22.2 Å². The highest BCUT2D eigenvalue weighted by Crippen LogP contribution is 2.38. The van der Waals surface area contributed by atoms with Crippen LogP contribution in [0.15, 0.2) is 146 Å². The number of carboxylic acid groups (broad SMARTS) is 2. The summed E-state index contributed by atoms with van der Waals surface area (Å²) in [6.45, 7) is 4.36. The van der Waals surface area contributed by atoms with Crippen molar-refractivity contribution in [3.63, 3.8) is 0 Å². The van der Waals surface area contributed by atoms with Crippen molar-refractivity contribution in [1.82, 2.24) is 0 Å². The van der Waals surface area contributed by atoms with Crippen molar-refractivity contribution in [2.45, 2.75) is 13.8 Å². The summed E-state index contributed by atoms with van der Waals surface area (Å²) >= 11 is 0. The summed E-state index contributed by atoms with van der Waals surface area (Å²) in [5.74, 6) is -1.95. The summed E-state index contributed by atoms with van der Waals surface area (Å²) in [6.07, 6.45) is 0. The second-order valence-electron chi connectivity index (χ2n) is 12.0. The third kappa shape index (κ3) is 5.33. The van der Waals surface area contributed by atoms with Gasteiger partial charge >= 0.3 is 11.9 Å². The van der Waals surface area contributed by atoms with E-state index in [2.05, 4.69) is 86.6 Å². The quantitative estimate of drug-likeness (QED) is 0.204. The summed E-state index contributed by atoms with van der Waals surface area (Å²) in [7, 11) is 0. The second kappa shape index (κ2) is 12.5. The van der Waals surface area contributed by atoms with Crippen molar-refractivity contribution in [3.05, 3.63) is 168 Å². The van der Waals surface area contributed by atoms with Crippen molar-refractivity contribution in [2.75, 3.05) is 0 Å². The standard InChI is InChI=1S/C22H14O4.C22H18/c23-21(24)19-11-9-17(13-5-1-3-7-15(13)19)18-10-12-20(22(25)26)16-8-4-2-6-14(16)18;1-15-11-13-21(19-9-5-3-7-17(15)19)22-14-12-16(2)18-8-4-6-10-20(18)22/h1-12H,(H,23,24)(H,25,26);3-14H,1-2H3. The van der Waals surface area contributed by atoms with Gasteiger partial charge in [-0.2, -0.15) is 0 Å². The highest BCUT2D eigenvalue weighted by atomic mass is 16.4. The van der Waals surface area contributed by atoms with Gasteiger partial charge in [0, 0.05) is 0 Å². The van der Waals surface area contributed by atoms with Gasteiger partial charge in [0.15, 0.2) is 0 Å². The lowest BCUT2D eigenvalue weighted by atomic mass is 9.90. The molecular weight excluding hydrogens is 592 g/mol. The van der Waals surface area contributed by atoms with Crippen LogP contribution >= 0.6 is 0 Å². The number of hydrogen-bond donors (Lipinski definition) is 2. The molecule has 8 aromatic carbocycles. The number of carbonyl (C=O) groups is 2. The molecule has 0 saturated carbocycles. The highest BCUT2D eigenvalue weighted by Gasteiger charge is 2.16. The molecule has 48 heavy (non-hydrogen) atoms. The molecule has 8 rings (SSSR count). The van der Waals surface area contributed by atoms with Crippen molar-refractivity contribution in [1.29, 1.82) is 0 Å². The number of benzene rings is 8. The zero-order chi connectivity index (χ0) is 33.4. The molecule has 0 aliphatic rings. The van der Waals surface area contributed by atoms with Crippen LogP contribution in [0.25, 0.3) is 65.3 Å². The minimum Gasteiger partial charge on any atom is -0.478 e. The molecule has 2 N–H and O–H groups in total. The van der Waals surface area contributed by atoms with Gasteiger partial charge in [0.05, 0.1) is 11.1 Å². The van der Waals surface area contributed by atoms with Crippen LogP contribution in [-0.2, 0) is 0 Å². The SMILES string of the molecule is Cc1ccc(-c2ccc(C)c3ccccc23)c2ccccc12.O=C(O)c1ccc(-c2ccc(C(=O)O)c3ccccc23)c2ccccc12. The first-order valence-corrected chi connectivity index (χ1v) is 15.8. The molecule has 4 heteroatoms. The normalized spacial score (nSPS) is 11.0. The predicted octanol–water partition coefficient (Wildman–Crippen LogP) is 11.3. The highest BCUT2D eigenvalue weighted by molar-refractivity contribution is 6.14. The van der Waals surface area contributed by atoms with Crippen LogP contribution in [0.4, 0.5) is 0 Å². The van der Waals surface area contributed by atoms with Gasteiger partial charge in [-0.15, -0.1) is 0 Å². The predicted molar refractivity (Wildman–Crippen MR) is 197 cm³/mol. The van der Waals surface area contributed by atoms with Crippen molar-refractivity contribution >= 4 is 55.0 Å². The summed E-state index contributed by atoms with van der Waals surface area (Å²) in [6, 6.07) is 47.8. The van der Waals surface area contributed by atoms with Gasteiger partial charge in [0.25, 0.3) is 0 Å². The fraction of sp³-hybridized carbons (Fsp3) is 0.0455. The number of rotatable bonds is 4. The van der Waals surface area contributed by atoms with E-state index >= 15 is 0 Å². The van der Waals surface area contributed by atoms with Crippen LogP contribution in [0.2, 0.25) is 0 Å². The number of aromatic carboxylic acids is 2. The molecule has 0 amide bonds. The summed E-state index contributed by atoms with van der Waals surface area (Å²) in [4.78, 5) is 23.1. The van der Waals surface area contributed by atoms with Crippen molar-refractivity contribution < 1.29 is 19.8 Å². The molecule has 0 saturated heterocycles. The number of carboxylic acids is 2. The van der Waals surface area contributed by atoms with E-state index in [0.717, 1.165) is 21.9 Å². The van der Waals surface area contributed by atoms with Gasteiger partial charge in [-0.3, -0.25) is 0 Å². The van der Waals surface area contributed by atoms with E-state index in [4.69, 9.17) is 0 Å². The first-order valence-electron chi connectivity index (χ1n) is 15.8. The van der Waals surface area contributed by atoms with E-state index in [1.54, 1.807) is 36.4 Å². The Balaban J connectivity index is 0.000000154. The molecule has 0 heterocycles. The largest absolute Gasteiger partial charge is 0.478 e. The Morgan fingerprint density at radius 2 is 0.583 bits per heavy atom. The molecule has 0 radical (unpaired) electrons. The Kier molecular flexibility index (Phi) is 7.92. The van der Waals surface area contributed by atoms with Crippen LogP contribution in [0.5, 0.6) is 0 Å². The molecular formula is C44H32O4. The molecule has 0 fully saturated rings. The number of fused-ring (bicyclic) bond motifs is 4. The number of hydrogen-bond acceptors (Lipinski definition) is 2. The molecule has 0 aliphatic carbocycles. The Morgan fingerprint density at radius 3 is 0.896 bits per heavy atom. The molecule has 0 aromatic heterocycles. The Bertz CT molecular complexity index is 2370. The average molecular weight is 625 g/mol.